The van der Waals surface area contributed by atoms with Crippen LogP contribution in [0, 0.1) is 6.92 Å². The summed E-state index contributed by atoms with van der Waals surface area (Å²) in [7, 11) is 0. The number of aliphatic carboxylic acids is 1. The first-order chi connectivity index (χ1) is 9.66. The van der Waals surface area contributed by atoms with Crippen molar-refractivity contribution >= 4 is 23.1 Å². The van der Waals surface area contributed by atoms with Gasteiger partial charge in [-0.15, -0.1) is 0 Å². The zero-order chi connectivity index (χ0) is 14.1. The minimum absolute atomic E-state index is 0.633. The Kier molecular flexibility index (Phi) is 2.83. The molecule has 100 valence electrons. The summed E-state index contributed by atoms with van der Waals surface area (Å²) < 4.78 is 1.83. The molecular formula is C14H12N4O2. The Labute approximate surface area is 114 Å². The molecule has 0 radical (unpaired) electrons. The molecule has 2 N–H and O–H groups in total. The average Bonchev–Trinajstić information content (AvgIpc) is 3.00. The van der Waals surface area contributed by atoms with Crippen LogP contribution in [0.5, 0.6) is 0 Å². The van der Waals surface area contributed by atoms with E-state index in [0.29, 0.717) is 5.82 Å². The van der Waals surface area contributed by atoms with Gasteiger partial charge in [0, 0.05) is 35.1 Å². The van der Waals surface area contributed by atoms with Gasteiger partial charge < -0.3 is 5.11 Å². The number of nitrogens with zero attached hydrogens (tertiary/aromatic N) is 3. The molecule has 0 spiro atoms. The number of aromatic amines is 1. The van der Waals surface area contributed by atoms with Crippen LogP contribution in [-0.4, -0.2) is 30.8 Å². The molecule has 6 nitrogen and oxygen atoms in total. The van der Waals surface area contributed by atoms with E-state index in [-0.39, 0.29) is 0 Å². The number of fused-ring (bicyclic) bond motifs is 1. The van der Waals surface area contributed by atoms with Gasteiger partial charge in [0.05, 0.1) is 0 Å². The smallest absolute Gasteiger partial charge is 0.328 e. The summed E-state index contributed by atoms with van der Waals surface area (Å²) in [6.45, 7) is 1.84. The third-order valence-corrected chi connectivity index (χ3v) is 3.04. The fraction of sp³-hybridized carbons (Fsp3) is 0.0714. The second-order valence-corrected chi connectivity index (χ2v) is 4.36. The SMILES string of the molecule is Cc1[nH]nc(-n2ccc3cccnc32)c1C=CC(=O)O. The summed E-state index contributed by atoms with van der Waals surface area (Å²) in [5.41, 5.74) is 2.31. The summed E-state index contributed by atoms with van der Waals surface area (Å²) in [5.74, 6) is -0.360. The summed E-state index contributed by atoms with van der Waals surface area (Å²) in [5, 5.41) is 16.9. The quantitative estimate of drug-likeness (QED) is 0.713. The molecule has 6 heteroatoms. The lowest BCUT2D eigenvalue weighted by molar-refractivity contribution is -0.131. The fourth-order valence-electron chi connectivity index (χ4n) is 2.10. The molecule has 3 rings (SSSR count). The lowest BCUT2D eigenvalue weighted by Gasteiger charge is -2.02. The van der Waals surface area contributed by atoms with Crippen LogP contribution in [0.2, 0.25) is 0 Å². The second-order valence-electron chi connectivity index (χ2n) is 4.36. The van der Waals surface area contributed by atoms with E-state index in [1.807, 2.05) is 35.9 Å². The molecule has 0 saturated carbocycles. The van der Waals surface area contributed by atoms with Crippen molar-refractivity contribution in [2.75, 3.05) is 0 Å². The van der Waals surface area contributed by atoms with Crippen molar-refractivity contribution < 1.29 is 9.90 Å². The largest absolute Gasteiger partial charge is 0.478 e. The Balaban J connectivity index is 2.18. The number of pyridine rings is 1. The number of aromatic nitrogens is 4. The van der Waals surface area contributed by atoms with Gasteiger partial charge in [-0.05, 0) is 31.2 Å². The molecule has 0 fully saturated rings. The predicted octanol–water partition coefficient (Wildman–Crippen LogP) is 2.15. The summed E-state index contributed by atoms with van der Waals surface area (Å²) in [6, 6.07) is 5.77. The van der Waals surface area contributed by atoms with Crippen LogP contribution in [0.3, 0.4) is 0 Å². The molecule has 0 aliphatic carbocycles. The number of H-pyrrole nitrogens is 1. The molecule has 0 bridgehead atoms. The Hall–Kier alpha value is -2.89. The first kappa shape index (κ1) is 12.2. The maximum atomic E-state index is 10.7. The minimum Gasteiger partial charge on any atom is -0.478 e. The molecule has 0 aliphatic heterocycles. The van der Waals surface area contributed by atoms with Gasteiger partial charge in [0.1, 0.15) is 5.65 Å². The van der Waals surface area contributed by atoms with Crippen molar-refractivity contribution in [2.45, 2.75) is 6.92 Å². The van der Waals surface area contributed by atoms with Crippen LogP contribution < -0.4 is 0 Å². The van der Waals surface area contributed by atoms with Crippen molar-refractivity contribution in [1.29, 1.82) is 0 Å². The lowest BCUT2D eigenvalue weighted by Crippen LogP contribution is -1.97. The van der Waals surface area contributed by atoms with Gasteiger partial charge in [0.25, 0.3) is 0 Å². The van der Waals surface area contributed by atoms with Gasteiger partial charge in [0.15, 0.2) is 5.82 Å². The van der Waals surface area contributed by atoms with E-state index in [1.54, 1.807) is 6.20 Å². The van der Waals surface area contributed by atoms with Crippen molar-refractivity contribution in [3.8, 4) is 5.82 Å². The van der Waals surface area contributed by atoms with E-state index in [9.17, 15) is 4.79 Å². The lowest BCUT2D eigenvalue weighted by atomic mass is 10.2. The highest BCUT2D eigenvalue weighted by molar-refractivity contribution is 5.87. The normalized spacial score (nSPS) is 11.4. The average molecular weight is 268 g/mol. The summed E-state index contributed by atoms with van der Waals surface area (Å²) in [6.07, 6.45) is 6.21. The highest BCUT2D eigenvalue weighted by atomic mass is 16.4. The minimum atomic E-state index is -0.993. The Morgan fingerprint density at radius 3 is 3.10 bits per heavy atom. The van der Waals surface area contributed by atoms with Crippen molar-refractivity contribution in [2.24, 2.45) is 0 Å². The standard InChI is InChI=1S/C14H12N4O2/c1-9-11(4-5-12(19)20)14(17-16-9)18-8-6-10-3-2-7-15-13(10)18/h2-8H,1H3,(H,16,17)(H,19,20). The summed E-state index contributed by atoms with van der Waals surface area (Å²) >= 11 is 0. The summed E-state index contributed by atoms with van der Waals surface area (Å²) in [4.78, 5) is 15.0. The Morgan fingerprint density at radius 2 is 2.30 bits per heavy atom. The molecule has 0 amide bonds. The van der Waals surface area contributed by atoms with Crippen LogP contribution in [0.15, 0.2) is 36.7 Å². The van der Waals surface area contributed by atoms with Crippen LogP contribution in [0.4, 0.5) is 0 Å². The van der Waals surface area contributed by atoms with Crippen LogP contribution in [0.25, 0.3) is 22.9 Å². The third-order valence-electron chi connectivity index (χ3n) is 3.04. The molecule has 0 atom stereocenters. The van der Waals surface area contributed by atoms with Crippen LogP contribution in [-0.2, 0) is 4.79 Å². The number of aryl methyl sites for hydroxylation is 1. The predicted molar refractivity (Wildman–Crippen MR) is 74.6 cm³/mol. The number of hydrogen-bond donors (Lipinski definition) is 2. The molecular weight excluding hydrogens is 256 g/mol. The number of carbonyl (C=O) groups is 1. The molecule has 3 heterocycles. The number of carboxylic acids is 1. The Bertz CT molecular complexity index is 814. The topological polar surface area (TPSA) is 83.8 Å². The van der Waals surface area contributed by atoms with Gasteiger partial charge in [0.2, 0.25) is 0 Å². The van der Waals surface area contributed by atoms with E-state index in [1.165, 1.54) is 6.08 Å². The maximum absolute atomic E-state index is 10.7. The van der Waals surface area contributed by atoms with Gasteiger partial charge in [-0.3, -0.25) is 9.67 Å². The van der Waals surface area contributed by atoms with Crippen LogP contribution >= 0.6 is 0 Å². The van der Waals surface area contributed by atoms with Gasteiger partial charge in [-0.25, -0.2) is 9.78 Å². The number of rotatable bonds is 3. The second kappa shape index (κ2) is 4.65. The Morgan fingerprint density at radius 1 is 1.45 bits per heavy atom. The third kappa shape index (κ3) is 1.97. The van der Waals surface area contributed by atoms with E-state index in [4.69, 9.17) is 5.11 Å². The van der Waals surface area contributed by atoms with E-state index in [0.717, 1.165) is 28.4 Å². The van der Waals surface area contributed by atoms with Crippen LogP contribution in [0.1, 0.15) is 11.3 Å². The molecule has 20 heavy (non-hydrogen) atoms. The van der Waals surface area contributed by atoms with Crippen molar-refractivity contribution in [1.82, 2.24) is 19.7 Å². The van der Waals surface area contributed by atoms with Gasteiger partial charge >= 0.3 is 5.97 Å². The zero-order valence-electron chi connectivity index (χ0n) is 10.7. The van der Waals surface area contributed by atoms with Crippen molar-refractivity contribution in [3.63, 3.8) is 0 Å². The number of nitrogens with one attached hydrogen (secondary N) is 1. The monoisotopic (exact) mass is 268 g/mol. The van der Waals surface area contributed by atoms with E-state index >= 15 is 0 Å². The first-order valence-electron chi connectivity index (χ1n) is 6.05. The molecule has 0 aliphatic rings. The molecule has 0 aromatic carbocycles. The van der Waals surface area contributed by atoms with E-state index in [2.05, 4.69) is 15.2 Å². The van der Waals surface area contributed by atoms with Gasteiger partial charge in [-0.1, -0.05) is 0 Å². The number of hydrogen-bond acceptors (Lipinski definition) is 3. The maximum Gasteiger partial charge on any atom is 0.328 e. The zero-order valence-corrected chi connectivity index (χ0v) is 10.7. The first-order valence-corrected chi connectivity index (χ1v) is 6.05. The number of carboxylic acid groups (broad SMARTS) is 1. The highest BCUT2D eigenvalue weighted by Crippen LogP contribution is 2.22. The molecule has 3 aromatic rings. The van der Waals surface area contributed by atoms with Gasteiger partial charge in [-0.2, -0.15) is 5.10 Å². The van der Waals surface area contributed by atoms with Crippen molar-refractivity contribution in [3.05, 3.63) is 47.9 Å². The highest BCUT2D eigenvalue weighted by Gasteiger charge is 2.12. The van der Waals surface area contributed by atoms with E-state index < -0.39 is 5.97 Å². The molecule has 0 saturated heterocycles. The molecule has 3 aromatic heterocycles. The fourth-order valence-corrected chi connectivity index (χ4v) is 2.10. The molecule has 0 unspecified atom stereocenters.